The second-order valence-electron chi connectivity index (χ2n) is 6.12. The minimum Gasteiger partial charge on any atom is -0.445 e. The number of rotatable bonds is 6. The zero-order valence-electron chi connectivity index (χ0n) is 14.1. The summed E-state index contributed by atoms with van der Waals surface area (Å²) in [6.07, 6.45) is -0.322. The van der Waals surface area contributed by atoms with Crippen LogP contribution in [0.1, 0.15) is 30.5 Å². The highest BCUT2D eigenvalue weighted by Gasteiger charge is 2.17. The summed E-state index contributed by atoms with van der Waals surface area (Å²) in [5.74, 6) is 0.340. The molecule has 0 aliphatic heterocycles. The number of carbonyl (C=O) groups is 1. The molecule has 4 nitrogen and oxygen atoms in total. The van der Waals surface area contributed by atoms with Gasteiger partial charge in [-0.05, 0) is 29.2 Å². The minimum absolute atomic E-state index is 0.266. The van der Waals surface area contributed by atoms with Crippen LogP contribution in [0, 0.1) is 17.2 Å². The van der Waals surface area contributed by atoms with E-state index in [9.17, 15) is 4.79 Å². The first-order chi connectivity index (χ1) is 11.6. The normalized spacial score (nSPS) is 10.2. The van der Waals surface area contributed by atoms with Crippen molar-refractivity contribution in [3.63, 3.8) is 0 Å². The number of ether oxygens (including phenoxy) is 1. The summed E-state index contributed by atoms with van der Waals surface area (Å²) in [7, 11) is 0. The fourth-order valence-corrected chi connectivity index (χ4v) is 2.36. The van der Waals surface area contributed by atoms with Crippen molar-refractivity contribution in [1.29, 1.82) is 5.26 Å². The summed E-state index contributed by atoms with van der Waals surface area (Å²) < 4.78 is 5.44. The van der Waals surface area contributed by atoms with Crippen molar-refractivity contribution in [3.8, 4) is 6.07 Å². The van der Waals surface area contributed by atoms with Gasteiger partial charge in [0.25, 0.3) is 0 Å². The van der Waals surface area contributed by atoms with E-state index in [1.54, 1.807) is 17.0 Å². The van der Waals surface area contributed by atoms with Gasteiger partial charge in [0, 0.05) is 13.1 Å². The molecule has 0 bridgehead atoms. The molecule has 4 heteroatoms. The van der Waals surface area contributed by atoms with Crippen molar-refractivity contribution in [3.05, 3.63) is 71.3 Å². The van der Waals surface area contributed by atoms with Gasteiger partial charge in [-0.1, -0.05) is 56.3 Å². The van der Waals surface area contributed by atoms with E-state index in [1.165, 1.54) is 0 Å². The largest absolute Gasteiger partial charge is 0.445 e. The van der Waals surface area contributed by atoms with Gasteiger partial charge < -0.3 is 9.64 Å². The van der Waals surface area contributed by atoms with E-state index in [1.807, 2.05) is 42.5 Å². The molecule has 0 aliphatic rings. The number of benzene rings is 2. The first-order valence-corrected chi connectivity index (χ1v) is 8.03. The standard InChI is InChI=1S/C20H22N2O2/c1-16(2)13-22(14-18-10-8-17(12-21)9-11-18)20(23)24-15-19-6-4-3-5-7-19/h3-11,16H,13-15H2,1-2H3. The van der Waals surface area contributed by atoms with Gasteiger partial charge in [0.15, 0.2) is 0 Å². The molecule has 2 aromatic carbocycles. The lowest BCUT2D eigenvalue weighted by Crippen LogP contribution is -2.34. The number of hydrogen-bond acceptors (Lipinski definition) is 3. The van der Waals surface area contributed by atoms with Crippen LogP contribution in [-0.4, -0.2) is 17.5 Å². The molecule has 0 radical (unpaired) electrons. The van der Waals surface area contributed by atoms with Crippen LogP contribution in [0.15, 0.2) is 54.6 Å². The van der Waals surface area contributed by atoms with E-state index in [0.29, 0.717) is 24.6 Å². The maximum absolute atomic E-state index is 12.4. The molecule has 2 rings (SSSR count). The van der Waals surface area contributed by atoms with Crippen molar-refractivity contribution < 1.29 is 9.53 Å². The fourth-order valence-electron chi connectivity index (χ4n) is 2.36. The van der Waals surface area contributed by atoms with Gasteiger partial charge in [0.05, 0.1) is 11.6 Å². The third kappa shape index (κ3) is 5.44. The highest BCUT2D eigenvalue weighted by atomic mass is 16.6. The van der Waals surface area contributed by atoms with Crippen molar-refractivity contribution in [2.24, 2.45) is 5.92 Å². The van der Waals surface area contributed by atoms with Gasteiger partial charge in [-0.25, -0.2) is 4.79 Å². The van der Waals surface area contributed by atoms with Crippen LogP contribution in [0.2, 0.25) is 0 Å². The maximum Gasteiger partial charge on any atom is 0.410 e. The summed E-state index contributed by atoms with van der Waals surface area (Å²) in [5.41, 5.74) is 2.56. The zero-order valence-corrected chi connectivity index (χ0v) is 14.1. The maximum atomic E-state index is 12.4. The third-order valence-electron chi connectivity index (χ3n) is 3.51. The highest BCUT2D eigenvalue weighted by Crippen LogP contribution is 2.12. The SMILES string of the molecule is CC(C)CN(Cc1ccc(C#N)cc1)C(=O)OCc1ccccc1. The van der Waals surface area contributed by atoms with Crippen LogP contribution in [0.3, 0.4) is 0 Å². The Kier molecular flexibility index (Phi) is 6.39. The number of hydrogen-bond donors (Lipinski definition) is 0. The molecule has 0 fully saturated rings. The monoisotopic (exact) mass is 322 g/mol. The Hall–Kier alpha value is -2.80. The average molecular weight is 322 g/mol. The average Bonchev–Trinajstić information content (AvgIpc) is 2.60. The topological polar surface area (TPSA) is 53.3 Å². The second kappa shape index (κ2) is 8.73. The quantitative estimate of drug-likeness (QED) is 0.794. The van der Waals surface area contributed by atoms with Crippen LogP contribution >= 0.6 is 0 Å². The Morgan fingerprint density at radius 3 is 2.33 bits per heavy atom. The van der Waals surface area contributed by atoms with Crippen molar-refractivity contribution >= 4 is 6.09 Å². The predicted molar refractivity (Wildman–Crippen MR) is 93.0 cm³/mol. The summed E-state index contributed by atoms with van der Waals surface area (Å²) in [6.45, 7) is 5.49. The third-order valence-corrected chi connectivity index (χ3v) is 3.51. The second-order valence-corrected chi connectivity index (χ2v) is 6.12. The molecule has 0 saturated carbocycles. The lowest BCUT2D eigenvalue weighted by Gasteiger charge is -2.24. The van der Waals surface area contributed by atoms with Crippen molar-refractivity contribution in [1.82, 2.24) is 4.90 Å². The Morgan fingerprint density at radius 1 is 1.08 bits per heavy atom. The molecule has 0 heterocycles. The Bertz CT molecular complexity index is 688. The Balaban J connectivity index is 2.00. The van der Waals surface area contributed by atoms with Gasteiger partial charge in [-0.15, -0.1) is 0 Å². The fraction of sp³-hybridized carbons (Fsp3) is 0.300. The Morgan fingerprint density at radius 2 is 1.75 bits per heavy atom. The lowest BCUT2D eigenvalue weighted by atomic mass is 10.1. The van der Waals surface area contributed by atoms with E-state index in [4.69, 9.17) is 10.00 Å². The molecule has 1 amide bonds. The number of amides is 1. The molecule has 0 aromatic heterocycles. The van der Waals surface area contributed by atoms with Crippen LogP contribution in [0.4, 0.5) is 4.79 Å². The van der Waals surface area contributed by atoms with E-state index in [0.717, 1.165) is 11.1 Å². The van der Waals surface area contributed by atoms with Crippen LogP contribution in [0.5, 0.6) is 0 Å². The summed E-state index contributed by atoms with van der Waals surface area (Å²) in [5, 5.41) is 8.86. The summed E-state index contributed by atoms with van der Waals surface area (Å²) in [4.78, 5) is 14.1. The predicted octanol–water partition coefficient (Wildman–Crippen LogP) is 4.35. The van der Waals surface area contributed by atoms with Gasteiger partial charge in [-0.2, -0.15) is 5.26 Å². The molecule has 24 heavy (non-hydrogen) atoms. The number of nitrogens with zero attached hydrogens (tertiary/aromatic N) is 2. The highest BCUT2D eigenvalue weighted by molar-refractivity contribution is 5.67. The smallest absolute Gasteiger partial charge is 0.410 e. The molecule has 124 valence electrons. The molecule has 0 aliphatic carbocycles. The van der Waals surface area contributed by atoms with E-state index in [2.05, 4.69) is 19.9 Å². The van der Waals surface area contributed by atoms with Gasteiger partial charge in [0.1, 0.15) is 6.61 Å². The summed E-state index contributed by atoms with van der Waals surface area (Å²) in [6, 6.07) is 19.0. The zero-order chi connectivity index (χ0) is 17.4. The van der Waals surface area contributed by atoms with Crippen LogP contribution in [-0.2, 0) is 17.9 Å². The number of nitriles is 1. The van der Waals surface area contributed by atoms with Gasteiger partial charge in [-0.3, -0.25) is 0 Å². The molecule has 0 N–H and O–H groups in total. The van der Waals surface area contributed by atoms with E-state index < -0.39 is 0 Å². The van der Waals surface area contributed by atoms with Crippen LogP contribution in [0.25, 0.3) is 0 Å². The van der Waals surface area contributed by atoms with Crippen molar-refractivity contribution in [2.45, 2.75) is 27.0 Å². The van der Waals surface area contributed by atoms with Gasteiger partial charge in [0.2, 0.25) is 0 Å². The molecular weight excluding hydrogens is 300 g/mol. The molecule has 0 atom stereocenters. The minimum atomic E-state index is -0.322. The molecular formula is C20H22N2O2. The molecule has 2 aromatic rings. The number of carbonyl (C=O) groups excluding carboxylic acids is 1. The Labute approximate surface area is 143 Å². The molecule has 0 saturated heterocycles. The molecule has 0 spiro atoms. The van der Waals surface area contributed by atoms with E-state index in [-0.39, 0.29) is 12.7 Å². The van der Waals surface area contributed by atoms with Crippen molar-refractivity contribution in [2.75, 3.05) is 6.54 Å². The summed E-state index contributed by atoms with van der Waals surface area (Å²) >= 11 is 0. The van der Waals surface area contributed by atoms with Crippen LogP contribution < -0.4 is 0 Å². The van der Waals surface area contributed by atoms with Gasteiger partial charge >= 0.3 is 6.09 Å². The first-order valence-electron chi connectivity index (χ1n) is 8.03. The lowest BCUT2D eigenvalue weighted by molar-refractivity contribution is 0.0893. The molecule has 0 unspecified atom stereocenters. The van der Waals surface area contributed by atoms with E-state index >= 15 is 0 Å². The first kappa shape index (κ1) is 17.6.